The lowest BCUT2D eigenvalue weighted by atomic mass is 9.91. The fraction of sp³-hybridized carbons (Fsp3) is 0.478. The summed E-state index contributed by atoms with van der Waals surface area (Å²) in [6, 6.07) is 6.35. The maximum Gasteiger partial charge on any atom is 0.143 e. The first-order valence-electron chi connectivity index (χ1n) is 10.9. The minimum absolute atomic E-state index is 0.490. The fourth-order valence-corrected chi connectivity index (χ4v) is 4.33. The molecule has 0 atom stereocenters. The quantitative estimate of drug-likeness (QED) is 0.563. The SMILES string of the molecule is N/C(=C\N(N)C1(c2ccc(N3CCCCC3)cn2)COC1)c1cncc(C2CC2)c1. The Hall–Kier alpha value is -2.64. The third kappa shape index (κ3) is 3.63. The lowest BCUT2D eigenvalue weighted by Crippen LogP contribution is -2.60. The number of anilines is 1. The summed E-state index contributed by atoms with van der Waals surface area (Å²) >= 11 is 0. The molecule has 1 saturated carbocycles. The number of piperidine rings is 1. The van der Waals surface area contributed by atoms with Crippen molar-refractivity contribution in [2.24, 2.45) is 11.6 Å². The second-order valence-electron chi connectivity index (χ2n) is 8.75. The van der Waals surface area contributed by atoms with E-state index in [1.807, 2.05) is 12.4 Å². The zero-order valence-electron chi connectivity index (χ0n) is 17.3. The minimum Gasteiger partial charge on any atom is -0.397 e. The Morgan fingerprint density at radius 3 is 2.57 bits per heavy atom. The molecule has 30 heavy (non-hydrogen) atoms. The molecule has 7 nitrogen and oxygen atoms in total. The molecule has 2 aromatic heterocycles. The molecule has 2 saturated heterocycles. The molecular weight excluding hydrogens is 376 g/mol. The van der Waals surface area contributed by atoms with Crippen LogP contribution in [-0.2, 0) is 10.3 Å². The number of hydrogen-bond acceptors (Lipinski definition) is 7. The third-order valence-electron chi connectivity index (χ3n) is 6.54. The largest absolute Gasteiger partial charge is 0.397 e. The second-order valence-corrected chi connectivity index (χ2v) is 8.75. The highest BCUT2D eigenvalue weighted by Crippen LogP contribution is 2.40. The van der Waals surface area contributed by atoms with Gasteiger partial charge in [0.15, 0.2) is 0 Å². The van der Waals surface area contributed by atoms with Crippen LogP contribution in [0.4, 0.5) is 5.69 Å². The van der Waals surface area contributed by atoms with Gasteiger partial charge in [-0.25, -0.2) is 5.84 Å². The first-order chi connectivity index (χ1) is 14.7. The Labute approximate surface area is 177 Å². The van der Waals surface area contributed by atoms with Gasteiger partial charge in [0.05, 0.1) is 36.5 Å². The van der Waals surface area contributed by atoms with Crippen molar-refractivity contribution in [1.82, 2.24) is 15.0 Å². The number of hydrazine groups is 1. The lowest BCUT2D eigenvalue weighted by molar-refractivity contribution is -0.133. The molecular formula is C23H30N6O. The lowest BCUT2D eigenvalue weighted by Gasteiger charge is -2.46. The molecule has 4 N–H and O–H groups in total. The van der Waals surface area contributed by atoms with E-state index in [0.717, 1.165) is 24.3 Å². The van der Waals surface area contributed by atoms with Crippen molar-refractivity contribution >= 4 is 11.4 Å². The van der Waals surface area contributed by atoms with Gasteiger partial charge in [-0.05, 0) is 61.8 Å². The highest BCUT2D eigenvalue weighted by Gasteiger charge is 2.45. The van der Waals surface area contributed by atoms with Crippen LogP contribution in [0.5, 0.6) is 0 Å². The predicted molar refractivity (Wildman–Crippen MR) is 117 cm³/mol. The molecule has 7 heteroatoms. The summed E-state index contributed by atoms with van der Waals surface area (Å²) in [6.07, 6.45) is 13.8. The predicted octanol–water partition coefficient (Wildman–Crippen LogP) is 2.70. The van der Waals surface area contributed by atoms with Crippen LogP contribution in [0.2, 0.25) is 0 Å². The highest BCUT2D eigenvalue weighted by atomic mass is 16.5. The zero-order chi connectivity index (χ0) is 20.6. The van der Waals surface area contributed by atoms with Gasteiger partial charge in [0.1, 0.15) is 5.54 Å². The summed E-state index contributed by atoms with van der Waals surface area (Å²) < 4.78 is 5.55. The fourth-order valence-electron chi connectivity index (χ4n) is 4.33. The summed E-state index contributed by atoms with van der Waals surface area (Å²) in [5.41, 5.74) is 10.7. The molecule has 0 aromatic carbocycles. The van der Waals surface area contributed by atoms with Crippen molar-refractivity contribution in [2.75, 3.05) is 31.2 Å². The monoisotopic (exact) mass is 406 g/mol. The van der Waals surface area contributed by atoms with Crippen LogP contribution in [0.1, 0.15) is 54.8 Å². The van der Waals surface area contributed by atoms with E-state index < -0.39 is 5.54 Å². The van der Waals surface area contributed by atoms with E-state index in [0.29, 0.717) is 24.8 Å². The molecule has 3 fully saturated rings. The highest BCUT2D eigenvalue weighted by molar-refractivity contribution is 5.62. The Morgan fingerprint density at radius 1 is 1.13 bits per heavy atom. The molecule has 4 heterocycles. The van der Waals surface area contributed by atoms with Crippen molar-refractivity contribution in [3.63, 3.8) is 0 Å². The average molecular weight is 407 g/mol. The van der Waals surface area contributed by atoms with Gasteiger partial charge in [-0.3, -0.25) is 15.0 Å². The van der Waals surface area contributed by atoms with E-state index in [1.165, 1.54) is 43.4 Å². The number of nitrogens with two attached hydrogens (primary N) is 2. The van der Waals surface area contributed by atoms with Crippen molar-refractivity contribution in [1.29, 1.82) is 0 Å². The number of aromatic nitrogens is 2. The maximum absolute atomic E-state index is 6.50. The number of rotatable bonds is 6. The average Bonchev–Trinajstić information content (AvgIpc) is 3.60. The normalized spacial score (nSPS) is 21.2. The Kier molecular flexibility index (Phi) is 5.08. The van der Waals surface area contributed by atoms with E-state index in [4.69, 9.17) is 21.3 Å². The van der Waals surface area contributed by atoms with E-state index in [9.17, 15) is 0 Å². The van der Waals surface area contributed by atoms with Gasteiger partial charge in [0.25, 0.3) is 0 Å². The summed E-state index contributed by atoms with van der Waals surface area (Å²) in [7, 11) is 0. The molecule has 2 aliphatic heterocycles. The molecule has 2 aromatic rings. The Morgan fingerprint density at radius 2 is 1.93 bits per heavy atom. The summed E-state index contributed by atoms with van der Waals surface area (Å²) in [4.78, 5) is 11.5. The van der Waals surface area contributed by atoms with Crippen LogP contribution in [0.15, 0.2) is 43.0 Å². The number of nitrogens with zero attached hydrogens (tertiary/aromatic N) is 4. The first kappa shape index (κ1) is 19.3. The third-order valence-corrected chi connectivity index (χ3v) is 6.54. The summed E-state index contributed by atoms with van der Waals surface area (Å²) in [5, 5.41) is 1.67. The van der Waals surface area contributed by atoms with Crippen LogP contribution in [0, 0.1) is 0 Å². The minimum atomic E-state index is -0.493. The van der Waals surface area contributed by atoms with E-state index in [2.05, 4.69) is 28.1 Å². The molecule has 0 radical (unpaired) electrons. The molecule has 158 valence electrons. The van der Waals surface area contributed by atoms with Crippen molar-refractivity contribution in [3.8, 4) is 0 Å². The summed E-state index contributed by atoms with van der Waals surface area (Å²) in [6.45, 7) is 3.18. The second kappa shape index (κ2) is 7.89. The summed E-state index contributed by atoms with van der Waals surface area (Å²) in [5.74, 6) is 7.13. The Bertz CT molecular complexity index is 914. The van der Waals surface area contributed by atoms with Gasteiger partial charge in [0.2, 0.25) is 0 Å². The molecule has 3 aliphatic rings. The molecule has 1 aliphatic carbocycles. The zero-order valence-corrected chi connectivity index (χ0v) is 17.3. The van der Waals surface area contributed by atoms with Gasteiger partial charge in [-0.1, -0.05) is 0 Å². The van der Waals surface area contributed by atoms with E-state index in [1.54, 1.807) is 17.4 Å². The van der Waals surface area contributed by atoms with Gasteiger partial charge >= 0.3 is 0 Å². The van der Waals surface area contributed by atoms with Crippen LogP contribution >= 0.6 is 0 Å². The van der Waals surface area contributed by atoms with E-state index >= 15 is 0 Å². The standard InChI is InChI=1S/C23H30N6O/c24-21(19-10-18(11-26-12-19)17-4-5-17)14-29(25)23(15-30-16-23)22-7-6-20(13-27-22)28-8-2-1-3-9-28/h6-7,10-14,17H,1-5,8-9,15-16,24-25H2/b21-14-. The van der Waals surface area contributed by atoms with Crippen LogP contribution < -0.4 is 16.5 Å². The number of hydrogen-bond donors (Lipinski definition) is 2. The maximum atomic E-state index is 6.50. The molecule has 0 amide bonds. The first-order valence-corrected chi connectivity index (χ1v) is 10.9. The molecule has 5 rings (SSSR count). The van der Waals surface area contributed by atoms with Gasteiger partial charge in [0, 0.05) is 37.2 Å². The van der Waals surface area contributed by atoms with Gasteiger partial charge < -0.3 is 15.4 Å². The van der Waals surface area contributed by atoms with Crippen LogP contribution in [-0.4, -0.2) is 41.3 Å². The van der Waals surface area contributed by atoms with Crippen molar-refractivity contribution in [3.05, 3.63) is 59.8 Å². The van der Waals surface area contributed by atoms with Crippen LogP contribution in [0.25, 0.3) is 5.70 Å². The Balaban J connectivity index is 1.35. The van der Waals surface area contributed by atoms with Gasteiger partial charge in [-0.15, -0.1) is 0 Å². The van der Waals surface area contributed by atoms with Crippen LogP contribution in [0.3, 0.4) is 0 Å². The topological polar surface area (TPSA) is 93.5 Å². The van der Waals surface area contributed by atoms with Crippen molar-refractivity contribution in [2.45, 2.75) is 43.6 Å². The van der Waals surface area contributed by atoms with Crippen molar-refractivity contribution < 1.29 is 4.74 Å². The number of pyridine rings is 2. The molecule has 0 bridgehead atoms. The van der Waals surface area contributed by atoms with Gasteiger partial charge in [-0.2, -0.15) is 0 Å². The molecule has 0 spiro atoms. The molecule has 0 unspecified atom stereocenters. The van der Waals surface area contributed by atoms with E-state index in [-0.39, 0.29) is 0 Å². The smallest absolute Gasteiger partial charge is 0.143 e. The number of ether oxygens (including phenoxy) is 1.